The van der Waals surface area contributed by atoms with Crippen molar-refractivity contribution in [1.29, 1.82) is 0 Å². The van der Waals surface area contributed by atoms with E-state index in [0.29, 0.717) is 19.4 Å². The molecule has 0 N–H and O–H groups in total. The standard InChI is InChI=1S/C18H31O3P/c1-5-7-12-20-22(19,21-13-8-6-2)14-11-18-15-16(3)9-10-17(18)4/h9-10,15H,5-8,11-14H2,1-4H3. The van der Waals surface area contributed by atoms with Crippen LogP contribution in [0.25, 0.3) is 0 Å². The highest BCUT2D eigenvalue weighted by molar-refractivity contribution is 7.53. The minimum absolute atomic E-state index is 0.463. The topological polar surface area (TPSA) is 35.5 Å². The molecule has 0 aliphatic rings. The summed E-state index contributed by atoms with van der Waals surface area (Å²) in [6, 6.07) is 6.39. The second-order valence-corrected chi connectivity index (χ2v) is 8.07. The van der Waals surface area contributed by atoms with Crippen molar-refractivity contribution >= 4 is 7.60 Å². The number of rotatable bonds is 11. The van der Waals surface area contributed by atoms with Crippen LogP contribution in [0.2, 0.25) is 0 Å². The second-order valence-electron chi connectivity index (χ2n) is 5.89. The van der Waals surface area contributed by atoms with Gasteiger partial charge >= 0.3 is 7.60 Å². The van der Waals surface area contributed by atoms with Crippen LogP contribution in [0.1, 0.15) is 56.2 Å². The van der Waals surface area contributed by atoms with Gasteiger partial charge in [0.15, 0.2) is 0 Å². The van der Waals surface area contributed by atoms with Crippen LogP contribution >= 0.6 is 7.60 Å². The molecular formula is C18H31O3P. The fraction of sp³-hybridized carbons (Fsp3) is 0.667. The van der Waals surface area contributed by atoms with Gasteiger partial charge < -0.3 is 9.05 Å². The summed E-state index contributed by atoms with van der Waals surface area (Å²) in [6.07, 6.45) is 5.11. The molecule has 0 saturated carbocycles. The Labute approximate surface area is 136 Å². The number of aryl methyl sites for hydroxylation is 3. The van der Waals surface area contributed by atoms with Crippen LogP contribution in [0.4, 0.5) is 0 Å². The Morgan fingerprint density at radius 1 is 1.00 bits per heavy atom. The molecule has 0 aliphatic carbocycles. The monoisotopic (exact) mass is 326 g/mol. The molecule has 1 aromatic carbocycles. The van der Waals surface area contributed by atoms with Crippen molar-refractivity contribution in [3.8, 4) is 0 Å². The van der Waals surface area contributed by atoms with Crippen LogP contribution in [0.5, 0.6) is 0 Å². The van der Waals surface area contributed by atoms with E-state index in [1.165, 1.54) is 16.7 Å². The molecule has 126 valence electrons. The first-order valence-corrected chi connectivity index (χ1v) is 10.2. The Morgan fingerprint density at radius 3 is 2.14 bits per heavy atom. The Balaban J connectivity index is 2.66. The molecule has 0 aliphatic heterocycles. The zero-order valence-electron chi connectivity index (χ0n) is 14.6. The highest BCUT2D eigenvalue weighted by atomic mass is 31.2. The molecule has 0 saturated heterocycles. The van der Waals surface area contributed by atoms with Crippen molar-refractivity contribution in [2.24, 2.45) is 0 Å². The van der Waals surface area contributed by atoms with E-state index in [2.05, 4.69) is 45.9 Å². The molecule has 3 nitrogen and oxygen atoms in total. The Hall–Kier alpha value is -0.630. The lowest BCUT2D eigenvalue weighted by molar-refractivity contribution is 0.200. The molecule has 0 spiro atoms. The summed E-state index contributed by atoms with van der Waals surface area (Å²) in [5.74, 6) is 0. The fourth-order valence-corrected chi connectivity index (χ4v) is 3.85. The van der Waals surface area contributed by atoms with Crippen molar-refractivity contribution < 1.29 is 13.6 Å². The molecule has 0 atom stereocenters. The van der Waals surface area contributed by atoms with Gasteiger partial charge in [0, 0.05) is 0 Å². The first-order chi connectivity index (χ1) is 10.5. The highest BCUT2D eigenvalue weighted by Crippen LogP contribution is 2.49. The molecule has 0 radical (unpaired) electrons. The van der Waals surface area contributed by atoms with E-state index in [1.807, 2.05) is 0 Å². The molecule has 0 unspecified atom stereocenters. The Morgan fingerprint density at radius 2 is 1.59 bits per heavy atom. The van der Waals surface area contributed by atoms with Gasteiger partial charge in [0.1, 0.15) is 0 Å². The first kappa shape index (κ1) is 19.4. The van der Waals surface area contributed by atoms with Gasteiger partial charge in [-0.15, -0.1) is 0 Å². The molecule has 0 amide bonds. The van der Waals surface area contributed by atoms with Crippen molar-refractivity contribution in [3.63, 3.8) is 0 Å². The quantitative estimate of drug-likeness (QED) is 0.388. The normalized spacial score (nSPS) is 11.8. The summed E-state index contributed by atoms with van der Waals surface area (Å²) in [7, 11) is -2.98. The molecule has 1 rings (SSSR count). The summed E-state index contributed by atoms with van der Waals surface area (Å²) in [6.45, 7) is 9.41. The van der Waals surface area contributed by atoms with Gasteiger partial charge in [-0.1, -0.05) is 50.5 Å². The van der Waals surface area contributed by atoms with Crippen molar-refractivity contribution in [2.45, 2.75) is 59.8 Å². The minimum Gasteiger partial charge on any atom is -0.309 e. The summed E-state index contributed by atoms with van der Waals surface area (Å²) < 4.78 is 24.2. The van der Waals surface area contributed by atoms with Gasteiger partial charge in [0.05, 0.1) is 19.4 Å². The van der Waals surface area contributed by atoms with Crippen LogP contribution in [0.3, 0.4) is 0 Å². The SMILES string of the molecule is CCCCOP(=O)(CCc1cc(C)ccc1C)OCCCC. The smallest absolute Gasteiger partial charge is 0.309 e. The predicted octanol–water partition coefficient (Wildman–Crippen LogP) is 5.67. The maximum absolute atomic E-state index is 12.9. The lowest BCUT2D eigenvalue weighted by atomic mass is 10.0. The largest absolute Gasteiger partial charge is 0.331 e. The maximum Gasteiger partial charge on any atom is 0.331 e. The Kier molecular flexibility index (Phi) is 9.00. The van der Waals surface area contributed by atoms with Crippen molar-refractivity contribution in [1.82, 2.24) is 0 Å². The number of hydrogen-bond acceptors (Lipinski definition) is 3. The lowest BCUT2D eigenvalue weighted by Gasteiger charge is -2.19. The maximum atomic E-state index is 12.9. The van der Waals surface area contributed by atoms with Crippen LogP contribution in [0.15, 0.2) is 18.2 Å². The predicted molar refractivity (Wildman–Crippen MR) is 93.8 cm³/mol. The summed E-state index contributed by atoms with van der Waals surface area (Å²) in [4.78, 5) is 0. The highest BCUT2D eigenvalue weighted by Gasteiger charge is 2.24. The second kappa shape index (κ2) is 10.2. The number of unbranched alkanes of at least 4 members (excludes halogenated alkanes) is 2. The summed E-state index contributed by atoms with van der Waals surface area (Å²) in [5, 5.41) is 0. The van der Waals surface area contributed by atoms with E-state index in [9.17, 15) is 4.57 Å². The van der Waals surface area contributed by atoms with Gasteiger partial charge in [-0.3, -0.25) is 4.57 Å². The van der Waals surface area contributed by atoms with Crippen molar-refractivity contribution in [2.75, 3.05) is 19.4 Å². The van der Waals surface area contributed by atoms with E-state index in [4.69, 9.17) is 9.05 Å². The molecule has 0 aromatic heterocycles. The number of benzene rings is 1. The fourth-order valence-electron chi connectivity index (χ4n) is 2.19. The molecule has 22 heavy (non-hydrogen) atoms. The third-order valence-corrected chi connectivity index (χ3v) is 5.65. The molecular weight excluding hydrogens is 295 g/mol. The first-order valence-electron chi connectivity index (χ1n) is 8.45. The Bertz CT molecular complexity index is 471. The van der Waals surface area contributed by atoms with Crippen LogP contribution in [-0.2, 0) is 20.0 Å². The molecule has 0 fully saturated rings. The average molecular weight is 326 g/mol. The number of hydrogen-bond donors (Lipinski definition) is 0. The van der Waals surface area contributed by atoms with E-state index < -0.39 is 7.60 Å². The van der Waals surface area contributed by atoms with Gasteiger partial charge in [0.25, 0.3) is 0 Å². The molecule has 4 heteroatoms. The molecule has 0 heterocycles. The van der Waals surface area contributed by atoms with Crippen LogP contribution < -0.4 is 0 Å². The lowest BCUT2D eigenvalue weighted by Crippen LogP contribution is -2.06. The third kappa shape index (κ3) is 7.09. The van der Waals surface area contributed by atoms with Crippen LogP contribution in [0, 0.1) is 13.8 Å². The van der Waals surface area contributed by atoms with E-state index >= 15 is 0 Å². The molecule has 0 bridgehead atoms. The summed E-state index contributed by atoms with van der Waals surface area (Å²) >= 11 is 0. The van der Waals surface area contributed by atoms with Crippen LogP contribution in [-0.4, -0.2) is 19.4 Å². The summed E-state index contributed by atoms with van der Waals surface area (Å²) in [5.41, 5.74) is 3.70. The van der Waals surface area contributed by atoms with E-state index in [0.717, 1.165) is 32.1 Å². The zero-order valence-corrected chi connectivity index (χ0v) is 15.5. The van der Waals surface area contributed by atoms with E-state index in [-0.39, 0.29) is 0 Å². The van der Waals surface area contributed by atoms with Crippen molar-refractivity contribution in [3.05, 3.63) is 34.9 Å². The van der Waals surface area contributed by atoms with E-state index in [1.54, 1.807) is 0 Å². The minimum atomic E-state index is -2.98. The van der Waals surface area contributed by atoms with Gasteiger partial charge in [-0.05, 0) is 44.2 Å². The average Bonchev–Trinajstić information content (AvgIpc) is 2.49. The van der Waals surface area contributed by atoms with Gasteiger partial charge in [0.2, 0.25) is 0 Å². The molecule has 1 aromatic rings. The van der Waals surface area contributed by atoms with Gasteiger partial charge in [-0.2, -0.15) is 0 Å². The zero-order chi connectivity index (χ0) is 16.4. The third-order valence-electron chi connectivity index (χ3n) is 3.73. The van der Waals surface area contributed by atoms with Gasteiger partial charge in [-0.25, -0.2) is 0 Å².